The molecular formula is C23H24FN5O. The van der Waals surface area contributed by atoms with Crippen molar-refractivity contribution < 1.29 is 4.39 Å². The van der Waals surface area contributed by atoms with Crippen molar-refractivity contribution in [2.45, 2.75) is 19.9 Å². The van der Waals surface area contributed by atoms with E-state index in [2.05, 4.69) is 33.7 Å². The number of benzene rings is 2. The van der Waals surface area contributed by atoms with E-state index in [-0.39, 0.29) is 11.4 Å². The molecule has 5 rings (SSSR count). The highest BCUT2D eigenvalue weighted by Crippen LogP contribution is 2.29. The van der Waals surface area contributed by atoms with Gasteiger partial charge >= 0.3 is 0 Å². The molecule has 1 saturated heterocycles. The first kappa shape index (κ1) is 18.8. The summed E-state index contributed by atoms with van der Waals surface area (Å²) in [5.74, 6) is -0.289. The first-order chi connectivity index (χ1) is 14.5. The number of hydrogen-bond acceptors (Lipinski definition) is 4. The number of fused-ring (bicyclic) bond motifs is 3. The minimum absolute atomic E-state index is 0.195. The molecule has 0 saturated carbocycles. The van der Waals surface area contributed by atoms with Crippen LogP contribution < -0.4 is 10.5 Å². The maximum atomic E-state index is 15.1. The number of aromatic nitrogens is 3. The average Bonchev–Trinajstić information content (AvgIpc) is 3.11. The van der Waals surface area contributed by atoms with Crippen LogP contribution in [0.15, 0.2) is 53.5 Å². The number of anilines is 1. The molecule has 1 fully saturated rings. The van der Waals surface area contributed by atoms with E-state index < -0.39 is 0 Å². The van der Waals surface area contributed by atoms with Gasteiger partial charge in [0.25, 0.3) is 5.56 Å². The van der Waals surface area contributed by atoms with Crippen molar-refractivity contribution in [2.75, 3.05) is 31.1 Å². The van der Waals surface area contributed by atoms with Gasteiger partial charge in [0.15, 0.2) is 0 Å². The molecule has 4 aromatic rings. The maximum absolute atomic E-state index is 15.1. The van der Waals surface area contributed by atoms with Gasteiger partial charge in [-0.3, -0.25) is 19.8 Å². The van der Waals surface area contributed by atoms with E-state index in [1.165, 1.54) is 10.7 Å². The second kappa shape index (κ2) is 7.25. The molecule has 0 aliphatic carbocycles. The topological polar surface area (TPSA) is 57.2 Å². The van der Waals surface area contributed by atoms with Gasteiger partial charge in [0.05, 0.1) is 27.8 Å². The number of nitrogens with one attached hydrogen (secondary N) is 1. The molecule has 7 heteroatoms. The van der Waals surface area contributed by atoms with Crippen LogP contribution in [0.1, 0.15) is 13.8 Å². The van der Waals surface area contributed by atoms with Crippen molar-refractivity contribution in [1.29, 1.82) is 0 Å². The minimum atomic E-state index is -0.289. The molecule has 1 N–H and O–H groups in total. The van der Waals surface area contributed by atoms with Crippen LogP contribution in [-0.2, 0) is 0 Å². The number of rotatable bonds is 3. The molecular weight excluding hydrogens is 381 g/mol. The van der Waals surface area contributed by atoms with Crippen LogP contribution in [-0.4, -0.2) is 51.9 Å². The van der Waals surface area contributed by atoms with Crippen molar-refractivity contribution in [2.24, 2.45) is 0 Å². The highest BCUT2D eigenvalue weighted by molar-refractivity contribution is 6.03. The average molecular weight is 405 g/mol. The van der Waals surface area contributed by atoms with Gasteiger partial charge in [-0.15, -0.1) is 0 Å². The Hall–Kier alpha value is -3.19. The fourth-order valence-electron chi connectivity index (χ4n) is 4.25. The molecule has 3 heterocycles. The normalized spacial score (nSPS) is 15.5. The third-order valence-electron chi connectivity index (χ3n) is 5.99. The summed E-state index contributed by atoms with van der Waals surface area (Å²) in [4.78, 5) is 21.8. The fourth-order valence-corrected chi connectivity index (χ4v) is 4.25. The Morgan fingerprint density at radius 1 is 1.03 bits per heavy atom. The monoisotopic (exact) mass is 405 g/mol. The molecule has 0 spiro atoms. The lowest BCUT2D eigenvalue weighted by Crippen LogP contribution is -2.49. The number of H-pyrrole nitrogens is 1. The second-order valence-corrected chi connectivity index (χ2v) is 8.07. The van der Waals surface area contributed by atoms with Crippen molar-refractivity contribution in [1.82, 2.24) is 19.7 Å². The Morgan fingerprint density at radius 3 is 2.47 bits per heavy atom. The third kappa shape index (κ3) is 3.06. The van der Waals surface area contributed by atoms with Gasteiger partial charge in [-0.25, -0.2) is 9.07 Å². The summed E-state index contributed by atoms with van der Waals surface area (Å²) in [5.41, 5.74) is 2.38. The number of piperazine rings is 1. The van der Waals surface area contributed by atoms with E-state index in [1.54, 1.807) is 12.3 Å². The van der Waals surface area contributed by atoms with Gasteiger partial charge in [0.1, 0.15) is 5.82 Å². The van der Waals surface area contributed by atoms with Crippen LogP contribution >= 0.6 is 0 Å². The molecule has 0 atom stereocenters. The summed E-state index contributed by atoms with van der Waals surface area (Å²) >= 11 is 0. The molecule has 2 aromatic carbocycles. The van der Waals surface area contributed by atoms with Crippen molar-refractivity contribution in [3.63, 3.8) is 0 Å². The summed E-state index contributed by atoms with van der Waals surface area (Å²) in [6, 6.07) is 13.1. The van der Waals surface area contributed by atoms with E-state index in [4.69, 9.17) is 0 Å². The largest absolute Gasteiger partial charge is 0.367 e. The van der Waals surface area contributed by atoms with Crippen LogP contribution in [0, 0.1) is 5.82 Å². The predicted molar refractivity (Wildman–Crippen MR) is 118 cm³/mol. The molecule has 6 nitrogen and oxygen atoms in total. The standard InChI is InChI=1S/C23H24FN5O/c1-15(2)27-8-10-28(11-9-27)21-13-20-17(12-19(21)24)22-18(14-25-20)23(30)29(26-22)16-6-4-3-5-7-16/h3-7,12-15,26H,8-11H2,1-2H3. The Bertz CT molecular complexity index is 1270. The van der Waals surface area contributed by atoms with Gasteiger partial charge in [0, 0.05) is 43.8 Å². The molecule has 0 unspecified atom stereocenters. The summed E-state index contributed by atoms with van der Waals surface area (Å²) < 4.78 is 16.6. The fraction of sp³-hybridized carbons (Fsp3) is 0.304. The van der Waals surface area contributed by atoms with Gasteiger partial charge in [-0.05, 0) is 38.1 Å². The number of pyridine rings is 1. The third-order valence-corrected chi connectivity index (χ3v) is 5.99. The van der Waals surface area contributed by atoms with E-state index in [0.29, 0.717) is 33.5 Å². The van der Waals surface area contributed by atoms with Gasteiger partial charge < -0.3 is 4.90 Å². The first-order valence-corrected chi connectivity index (χ1v) is 10.3. The molecule has 0 amide bonds. The molecule has 30 heavy (non-hydrogen) atoms. The summed E-state index contributed by atoms with van der Waals surface area (Å²) in [7, 11) is 0. The van der Waals surface area contributed by atoms with Gasteiger partial charge in [0.2, 0.25) is 0 Å². The first-order valence-electron chi connectivity index (χ1n) is 10.3. The van der Waals surface area contributed by atoms with E-state index in [0.717, 1.165) is 31.9 Å². The lowest BCUT2D eigenvalue weighted by atomic mass is 10.1. The van der Waals surface area contributed by atoms with E-state index >= 15 is 4.39 Å². The van der Waals surface area contributed by atoms with Crippen molar-refractivity contribution in [3.05, 3.63) is 64.8 Å². The zero-order valence-electron chi connectivity index (χ0n) is 17.1. The number of aromatic amines is 1. The minimum Gasteiger partial charge on any atom is -0.367 e. The second-order valence-electron chi connectivity index (χ2n) is 8.07. The predicted octanol–water partition coefficient (Wildman–Crippen LogP) is 3.54. The maximum Gasteiger partial charge on any atom is 0.280 e. The molecule has 1 aliphatic rings. The molecule has 154 valence electrons. The van der Waals surface area contributed by atoms with Crippen LogP contribution in [0.3, 0.4) is 0 Å². The molecule has 0 radical (unpaired) electrons. The smallest absolute Gasteiger partial charge is 0.280 e. The lowest BCUT2D eigenvalue weighted by molar-refractivity contribution is 0.209. The highest BCUT2D eigenvalue weighted by atomic mass is 19.1. The number of halogens is 1. The molecule has 2 aromatic heterocycles. The van der Waals surface area contributed by atoms with Crippen molar-refractivity contribution in [3.8, 4) is 5.69 Å². The summed E-state index contributed by atoms with van der Waals surface area (Å²) in [6.45, 7) is 7.76. The summed E-state index contributed by atoms with van der Waals surface area (Å²) in [6.07, 6.45) is 1.58. The lowest BCUT2D eigenvalue weighted by Gasteiger charge is -2.38. The summed E-state index contributed by atoms with van der Waals surface area (Å²) in [5, 5.41) is 4.21. The van der Waals surface area contributed by atoms with Crippen molar-refractivity contribution >= 4 is 27.5 Å². The number of para-hydroxylation sites is 1. The van der Waals surface area contributed by atoms with E-state index in [1.807, 2.05) is 30.3 Å². The zero-order valence-corrected chi connectivity index (χ0v) is 17.1. The van der Waals surface area contributed by atoms with Gasteiger partial charge in [-0.1, -0.05) is 18.2 Å². The van der Waals surface area contributed by atoms with Crippen LogP contribution in [0.4, 0.5) is 10.1 Å². The Morgan fingerprint density at radius 2 is 1.77 bits per heavy atom. The van der Waals surface area contributed by atoms with Crippen LogP contribution in [0.25, 0.3) is 27.5 Å². The molecule has 0 bridgehead atoms. The Balaban J connectivity index is 1.58. The van der Waals surface area contributed by atoms with Crippen LogP contribution in [0.2, 0.25) is 0 Å². The number of hydrogen-bond donors (Lipinski definition) is 1. The Labute approximate surface area is 173 Å². The Kier molecular flexibility index (Phi) is 4.55. The highest BCUT2D eigenvalue weighted by Gasteiger charge is 2.22. The van der Waals surface area contributed by atoms with E-state index in [9.17, 15) is 4.79 Å². The SMILES string of the molecule is CC(C)N1CCN(c2cc3ncc4c(=O)n(-c5ccccc5)[nH]c4c3cc2F)CC1. The van der Waals surface area contributed by atoms with Crippen LogP contribution in [0.5, 0.6) is 0 Å². The van der Waals surface area contributed by atoms with Gasteiger partial charge in [-0.2, -0.15) is 0 Å². The quantitative estimate of drug-likeness (QED) is 0.567. The molecule has 1 aliphatic heterocycles. The number of nitrogens with zero attached hydrogens (tertiary/aromatic N) is 4. The zero-order chi connectivity index (χ0) is 20.8.